The van der Waals surface area contributed by atoms with E-state index in [4.69, 9.17) is 0 Å². The van der Waals surface area contributed by atoms with Gasteiger partial charge in [0.15, 0.2) is 0 Å². The molecule has 0 saturated carbocycles. The molecule has 36 valence electrons. The molecule has 0 amide bonds. The Morgan fingerprint density at radius 2 is 2.57 bits per heavy atom. The minimum atomic E-state index is 1.03. The molecule has 0 N–H and O–H groups in total. The molecule has 1 unspecified atom stereocenters. The second-order valence-electron chi connectivity index (χ2n) is 1.22. The monoisotopic (exact) mass is 110 g/mol. The van der Waals surface area contributed by atoms with Crippen molar-refractivity contribution in [2.45, 2.75) is 0 Å². The molecule has 0 aromatic carbocycles. The van der Waals surface area contributed by atoms with E-state index in [2.05, 4.69) is 19.1 Å². The third kappa shape index (κ3) is 6.17. The first-order valence-electron chi connectivity index (χ1n) is 2.34. The van der Waals surface area contributed by atoms with Gasteiger partial charge in [-0.25, -0.2) is 0 Å². The summed E-state index contributed by atoms with van der Waals surface area (Å²) < 4.78 is 0. The van der Waals surface area contributed by atoms with Crippen molar-refractivity contribution in [3.05, 3.63) is 12.0 Å². The Morgan fingerprint density at radius 1 is 1.86 bits per heavy atom. The first-order valence-corrected chi connectivity index (χ1v) is 4.04. The molecule has 0 saturated heterocycles. The second-order valence-corrected chi connectivity index (χ2v) is 2.34. The predicted molar refractivity (Wildman–Crippen MR) is 43.4 cm³/mol. The van der Waals surface area contributed by atoms with Crippen molar-refractivity contribution in [1.29, 1.82) is 0 Å². The molecule has 0 aliphatic heterocycles. The SMILES string of the molecule is C=B/C=C/BPC. The van der Waals surface area contributed by atoms with Crippen molar-refractivity contribution in [3.63, 3.8) is 0 Å². The van der Waals surface area contributed by atoms with Crippen LogP contribution in [0.4, 0.5) is 0 Å². The average molecular weight is 110 g/mol. The molecule has 0 heterocycles. The van der Waals surface area contributed by atoms with Gasteiger partial charge in [-0.15, -0.1) is 0 Å². The Labute approximate surface area is 48.3 Å². The summed E-state index contributed by atoms with van der Waals surface area (Å²) in [4.78, 5) is 0. The molecule has 0 fully saturated rings. The van der Waals surface area contributed by atoms with E-state index in [1.807, 2.05) is 5.98 Å². The topological polar surface area (TPSA) is 0 Å². The zero-order valence-electron chi connectivity index (χ0n) is 4.65. The van der Waals surface area contributed by atoms with E-state index in [1.54, 1.807) is 6.92 Å². The summed E-state index contributed by atoms with van der Waals surface area (Å²) in [6, 6.07) is 0. The molecular formula is C4H9B2P. The van der Waals surface area contributed by atoms with Gasteiger partial charge >= 0.3 is 47.5 Å². The molecule has 0 aliphatic carbocycles. The van der Waals surface area contributed by atoms with Crippen LogP contribution >= 0.6 is 8.46 Å². The van der Waals surface area contributed by atoms with Gasteiger partial charge in [-0.3, -0.25) is 0 Å². The number of hydrogen-bond acceptors (Lipinski definition) is 0. The van der Waals surface area contributed by atoms with Crippen molar-refractivity contribution in [1.82, 2.24) is 0 Å². The van der Waals surface area contributed by atoms with Crippen LogP contribution in [-0.2, 0) is 0 Å². The summed E-state index contributed by atoms with van der Waals surface area (Å²) in [5.41, 5.74) is 0. The van der Waals surface area contributed by atoms with Crippen molar-refractivity contribution >= 4 is 28.8 Å². The van der Waals surface area contributed by atoms with Crippen LogP contribution in [-0.4, -0.2) is 27.1 Å². The van der Waals surface area contributed by atoms with Crippen LogP contribution < -0.4 is 0 Å². The summed E-state index contributed by atoms with van der Waals surface area (Å²) in [7, 11) is 1.03. The third-order valence-electron chi connectivity index (χ3n) is 0.594. The zero-order valence-corrected chi connectivity index (χ0v) is 5.65. The molecule has 1 atom stereocenters. The Hall–Kier alpha value is 0.170. The molecule has 3 heteroatoms. The van der Waals surface area contributed by atoms with Crippen molar-refractivity contribution in [3.8, 4) is 0 Å². The fraction of sp³-hybridized carbons (Fsp3) is 0.250. The summed E-state index contributed by atoms with van der Waals surface area (Å²) in [5.74, 6) is 4.11. The average Bonchev–Trinajstić information content (AvgIpc) is 1.69. The predicted octanol–water partition coefficient (Wildman–Crippen LogP) is 0.254. The molecule has 0 spiro atoms. The normalized spacial score (nSPS) is 10.4. The van der Waals surface area contributed by atoms with Crippen LogP contribution in [0.15, 0.2) is 12.0 Å². The zero-order chi connectivity index (χ0) is 5.54. The fourth-order valence-electron chi connectivity index (χ4n) is 0.282. The van der Waals surface area contributed by atoms with E-state index in [-0.39, 0.29) is 0 Å². The molecule has 0 aliphatic rings. The maximum atomic E-state index is 3.55. The van der Waals surface area contributed by atoms with Gasteiger partial charge in [-0.1, -0.05) is 0 Å². The molecule has 0 radical (unpaired) electrons. The van der Waals surface area contributed by atoms with E-state index < -0.39 is 0 Å². The number of hydrogen-bond donors (Lipinski definition) is 0. The van der Waals surface area contributed by atoms with E-state index in [0.717, 1.165) is 8.46 Å². The van der Waals surface area contributed by atoms with Gasteiger partial charge < -0.3 is 0 Å². The van der Waals surface area contributed by atoms with E-state index in [9.17, 15) is 0 Å². The summed E-state index contributed by atoms with van der Waals surface area (Å²) in [5, 5.41) is 0. The van der Waals surface area contributed by atoms with Gasteiger partial charge in [-0.2, -0.15) is 0 Å². The van der Waals surface area contributed by atoms with Crippen LogP contribution in [0.1, 0.15) is 0 Å². The second kappa shape index (κ2) is 6.17. The first kappa shape index (κ1) is 7.17. The van der Waals surface area contributed by atoms with Gasteiger partial charge in [-0.05, 0) is 0 Å². The minimum absolute atomic E-state index is 1.03. The Balaban J connectivity index is 2.92. The van der Waals surface area contributed by atoms with Crippen LogP contribution in [0.3, 0.4) is 0 Å². The Morgan fingerprint density at radius 3 is 3.00 bits per heavy atom. The molecular weight excluding hydrogens is 101 g/mol. The molecule has 0 bridgehead atoms. The van der Waals surface area contributed by atoms with Crippen LogP contribution in [0.25, 0.3) is 0 Å². The summed E-state index contributed by atoms with van der Waals surface area (Å²) >= 11 is 0. The maximum absolute atomic E-state index is 3.55. The molecule has 0 rings (SSSR count). The van der Waals surface area contributed by atoms with E-state index in [0.29, 0.717) is 0 Å². The van der Waals surface area contributed by atoms with Crippen molar-refractivity contribution < 1.29 is 0 Å². The van der Waals surface area contributed by atoms with Gasteiger partial charge in [0.05, 0.1) is 0 Å². The summed E-state index contributed by atoms with van der Waals surface area (Å²) in [6.45, 7) is 8.74. The van der Waals surface area contributed by atoms with Crippen LogP contribution in [0.2, 0.25) is 0 Å². The van der Waals surface area contributed by atoms with Gasteiger partial charge in [0.25, 0.3) is 0 Å². The first-order chi connectivity index (χ1) is 3.41. The standard InChI is InChI=1S/C4H9B2P/c1-5-3-4-6-7-2/h3-4,6-7H,1H2,2H3/b4-3+. The number of rotatable bonds is 3. The van der Waals surface area contributed by atoms with Crippen LogP contribution in [0, 0.1) is 0 Å². The van der Waals surface area contributed by atoms with Crippen LogP contribution in [0.5, 0.6) is 0 Å². The quantitative estimate of drug-likeness (QED) is 0.360. The fourth-order valence-corrected chi connectivity index (χ4v) is 0.654. The van der Waals surface area contributed by atoms with E-state index in [1.165, 1.54) is 7.00 Å². The third-order valence-corrected chi connectivity index (χ3v) is 1.24. The van der Waals surface area contributed by atoms with Gasteiger partial charge in [0, 0.05) is 0 Å². The molecule has 0 aromatic heterocycles. The van der Waals surface area contributed by atoms with Gasteiger partial charge in [0.2, 0.25) is 0 Å². The van der Waals surface area contributed by atoms with Crippen molar-refractivity contribution in [2.24, 2.45) is 0 Å². The van der Waals surface area contributed by atoms with Crippen molar-refractivity contribution in [2.75, 3.05) is 6.66 Å². The molecule has 0 nitrogen and oxygen atoms in total. The summed E-state index contributed by atoms with van der Waals surface area (Å²) in [6.07, 6.45) is 0. The Bertz CT molecular complexity index is 70.1. The van der Waals surface area contributed by atoms with Gasteiger partial charge in [0.1, 0.15) is 0 Å². The molecule has 7 heavy (non-hydrogen) atoms. The van der Waals surface area contributed by atoms with E-state index >= 15 is 0 Å². The Kier molecular flexibility index (Phi) is 6.32. The molecule has 0 aromatic rings.